The largest absolute Gasteiger partial charge is 0.354 e. The fraction of sp³-hybridized carbons (Fsp3) is 0.278. The van der Waals surface area contributed by atoms with Crippen LogP contribution in [0, 0.1) is 0 Å². The molecule has 0 amide bonds. The van der Waals surface area contributed by atoms with Crippen LogP contribution in [0.15, 0.2) is 53.4 Å². The lowest BCUT2D eigenvalue weighted by Gasteiger charge is -2.26. The molecule has 1 aromatic heterocycles. The molecule has 0 fully saturated rings. The van der Waals surface area contributed by atoms with E-state index in [1.807, 2.05) is 28.8 Å². The topological polar surface area (TPSA) is 113 Å². The van der Waals surface area contributed by atoms with Crippen molar-refractivity contribution < 1.29 is 16.8 Å². The minimum Gasteiger partial charge on any atom is -0.354 e. The van der Waals surface area contributed by atoms with Gasteiger partial charge in [0.2, 0.25) is 26.0 Å². The first kappa shape index (κ1) is 19.7. The summed E-state index contributed by atoms with van der Waals surface area (Å²) in [7, 11) is -7.14. The van der Waals surface area contributed by atoms with Gasteiger partial charge in [-0.05, 0) is 36.4 Å². The lowest BCUT2D eigenvalue weighted by atomic mass is 10.3. The van der Waals surface area contributed by atoms with E-state index in [2.05, 4.69) is 15.0 Å². The Morgan fingerprint density at radius 2 is 1.69 bits per heavy atom. The van der Waals surface area contributed by atoms with Crippen LogP contribution in [0.2, 0.25) is 0 Å². The first-order valence-corrected chi connectivity index (χ1v) is 12.3. The zero-order chi connectivity index (χ0) is 20.6. The van der Waals surface area contributed by atoms with Crippen LogP contribution in [-0.2, 0) is 26.6 Å². The summed E-state index contributed by atoms with van der Waals surface area (Å²) in [6.45, 7) is 1.50. The van der Waals surface area contributed by atoms with E-state index in [1.165, 1.54) is 28.6 Å². The summed E-state index contributed by atoms with van der Waals surface area (Å²) in [6, 6.07) is 13.4. The lowest BCUT2D eigenvalue weighted by Crippen LogP contribution is -2.39. The molecule has 9 nitrogen and oxygen atoms in total. The number of hydrogen-bond acceptors (Lipinski definition) is 6. The van der Waals surface area contributed by atoms with Crippen LogP contribution >= 0.6 is 0 Å². The second-order valence-electron chi connectivity index (χ2n) is 6.81. The van der Waals surface area contributed by atoms with Gasteiger partial charge in [0.1, 0.15) is 0 Å². The monoisotopic (exact) mass is 435 g/mol. The molecule has 1 aliphatic heterocycles. The molecule has 29 heavy (non-hydrogen) atoms. The lowest BCUT2D eigenvalue weighted by molar-refractivity contribution is 0.397. The SMILES string of the molecule is CS(=O)(=O)Nc1ccc(S(=O)(=O)N2CCNc3nc4ccccc4n3CC2)cc1. The first-order valence-electron chi connectivity index (χ1n) is 9.01. The second kappa shape index (κ2) is 7.32. The molecule has 3 aromatic rings. The van der Waals surface area contributed by atoms with Gasteiger partial charge in [-0.3, -0.25) is 4.72 Å². The molecule has 154 valence electrons. The quantitative estimate of drug-likeness (QED) is 0.642. The molecule has 0 saturated heterocycles. The fourth-order valence-electron chi connectivity index (χ4n) is 3.35. The van der Waals surface area contributed by atoms with Gasteiger partial charge >= 0.3 is 0 Å². The Labute approximate surface area is 169 Å². The number of benzene rings is 2. The number of nitrogens with one attached hydrogen (secondary N) is 2. The number of rotatable bonds is 4. The summed E-state index contributed by atoms with van der Waals surface area (Å²) in [5.74, 6) is 0.736. The van der Waals surface area contributed by atoms with Crippen molar-refractivity contribution in [3.63, 3.8) is 0 Å². The molecule has 2 aromatic carbocycles. The van der Waals surface area contributed by atoms with Crippen LogP contribution in [0.5, 0.6) is 0 Å². The third-order valence-corrected chi connectivity index (χ3v) is 7.19. The third kappa shape index (κ3) is 4.07. The molecule has 2 N–H and O–H groups in total. The van der Waals surface area contributed by atoms with Crippen LogP contribution in [0.25, 0.3) is 11.0 Å². The first-order chi connectivity index (χ1) is 13.7. The number of anilines is 2. The van der Waals surface area contributed by atoms with Crippen molar-refractivity contribution in [2.45, 2.75) is 11.4 Å². The Balaban J connectivity index is 1.58. The molecule has 0 spiro atoms. The van der Waals surface area contributed by atoms with Gasteiger partial charge in [0.25, 0.3) is 0 Å². The Morgan fingerprint density at radius 3 is 2.41 bits per heavy atom. The minimum absolute atomic E-state index is 0.118. The van der Waals surface area contributed by atoms with E-state index >= 15 is 0 Å². The van der Waals surface area contributed by atoms with Gasteiger partial charge in [-0.15, -0.1) is 0 Å². The Hall–Kier alpha value is -2.63. The van der Waals surface area contributed by atoms with Crippen molar-refractivity contribution in [1.29, 1.82) is 0 Å². The van der Waals surface area contributed by atoms with Crippen LogP contribution in [-0.4, -0.2) is 56.6 Å². The highest BCUT2D eigenvalue weighted by Gasteiger charge is 2.26. The number of aromatic nitrogens is 2. The van der Waals surface area contributed by atoms with E-state index < -0.39 is 20.0 Å². The molecular weight excluding hydrogens is 414 g/mol. The number of sulfonamides is 2. The molecule has 0 aliphatic carbocycles. The van der Waals surface area contributed by atoms with Crippen molar-refractivity contribution in [3.05, 3.63) is 48.5 Å². The standard InChI is InChI=1S/C18H21N5O4S2/c1-28(24,25)21-14-6-8-15(9-7-14)29(26,27)22-11-10-19-18-20-16-4-2-3-5-17(16)23(18)13-12-22/h2-9,21H,10-13H2,1H3,(H,19,20). The molecule has 0 saturated carbocycles. The molecule has 2 heterocycles. The summed E-state index contributed by atoms with van der Waals surface area (Å²) < 4.78 is 54.6. The third-order valence-electron chi connectivity index (χ3n) is 4.67. The second-order valence-corrected chi connectivity index (χ2v) is 10.5. The molecule has 1 aliphatic rings. The van der Waals surface area contributed by atoms with Gasteiger partial charge in [-0.25, -0.2) is 21.8 Å². The minimum atomic E-state index is -3.72. The normalized spacial score (nSPS) is 15.9. The van der Waals surface area contributed by atoms with E-state index in [0.29, 0.717) is 31.9 Å². The Kier molecular flexibility index (Phi) is 4.97. The van der Waals surface area contributed by atoms with Crippen molar-refractivity contribution in [3.8, 4) is 0 Å². The van der Waals surface area contributed by atoms with E-state index in [-0.39, 0.29) is 4.90 Å². The number of hydrogen-bond donors (Lipinski definition) is 2. The summed E-state index contributed by atoms with van der Waals surface area (Å²) in [6.07, 6.45) is 1.04. The number of fused-ring (bicyclic) bond motifs is 3. The number of imidazole rings is 1. The summed E-state index contributed by atoms with van der Waals surface area (Å²) in [5.41, 5.74) is 2.13. The average Bonchev–Trinajstić information content (AvgIpc) is 2.97. The zero-order valence-corrected chi connectivity index (χ0v) is 17.4. The molecular formula is C18H21N5O4S2. The van der Waals surface area contributed by atoms with Crippen molar-refractivity contribution >= 4 is 42.7 Å². The zero-order valence-electron chi connectivity index (χ0n) is 15.7. The van der Waals surface area contributed by atoms with E-state index in [1.54, 1.807) is 0 Å². The smallest absolute Gasteiger partial charge is 0.243 e. The van der Waals surface area contributed by atoms with E-state index in [9.17, 15) is 16.8 Å². The van der Waals surface area contributed by atoms with Gasteiger partial charge in [0.05, 0.1) is 22.2 Å². The predicted octanol–water partition coefficient (Wildman–Crippen LogP) is 1.52. The van der Waals surface area contributed by atoms with Crippen molar-refractivity contribution in [2.75, 3.05) is 35.9 Å². The van der Waals surface area contributed by atoms with Gasteiger partial charge in [-0.2, -0.15) is 4.31 Å². The maximum absolute atomic E-state index is 13.1. The van der Waals surface area contributed by atoms with Crippen molar-refractivity contribution in [2.24, 2.45) is 0 Å². The van der Waals surface area contributed by atoms with Gasteiger partial charge in [0, 0.05) is 31.9 Å². The van der Waals surface area contributed by atoms with Crippen LogP contribution < -0.4 is 10.0 Å². The number of para-hydroxylation sites is 2. The van der Waals surface area contributed by atoms with Crippen molar-refractivity contribution in [1.82, 2.24) is 13.9 Å². The maximum atomic E-state index is 13.1. The molecule has 0 unspecified atom stereocenters. The highest BCUT2D eigenvalue weighted by molar-refractivity contribution is 7.92. The molecule has 11 heteroatoms. The average molecular weight is 436 g/mol. The van der Waals surface area contributed by atoms with Crippen LogP contribution in [0.4, 0.5) is 11.6 Å². The summed E-state index contributed by atoms with van der Waals surface area (Å²) in [5, 5.41) is 3.21. The summed E-state index contributed by atoms with van der Waals surface area (Å²) >= 11 is 0. The number of nitrogens with zero attached hydrogens (tertiary/aromatic N) is 3. The fourth-order valence-corrected chi connectivity index (χ4v) is 5.35. The highest BCUT2D eigenvalue weighted by Crippen LogP contribution is 2.23. The van der Waals surface area contributed by atoms with E-state index in [0.717, 1.165) is 23.2 Å². The van der Waals surface area contributed by atoms with Crippen LogP contribution in [0.1, 0.15) is 0 Å². The van der Waals surface area contributed by atoms with Gasteiger partial charge < -0.3 is 9.88 Å². The molecule has 0 atom stereocenters. The van der Waals surface area contributed by atoms with E-state index in [4.69, 9.17) is 0 Å². The predicted molar refractivity (Wildman–Crippen MR) is 112 cm³/mol. The maximum Gasteiger partial charge on any atom is 0.243 e. The Bertz CT molecular complexity index is 1250. The van der Waals surface area contributed by atoms with Crippen LogP contribution in [0.3, 0.4) is 0 Å². The van der Waals surface area contributed by atoms with Gasteiger partial charge in [-0.1, -0.05) is 12.1 Å². The Morgan fingerprint density at radius 1 is 0.966 bits per heavy atom. The molecule has 4 rings (SSSR count). The van der Waals surface area contributed by atoms with Gasteiger partial charge in [0.15, 0.2) is 0 Å². The summed E-state index contributed by atoms with van der Waals surface area (Å²) in [4.78, 5) is 4.69. The highest BCUT2D eigenvalue weighted by atomic mass is 32.2. The molecule has 0 bridgehead atoms. The molecule has 0 radical (unpaired) electrons.